The van der Waals surface area contributed by atoms with Crippen LogP contribution in [-0.4, -0.2) is 28.7 Å². The first kappa shape index (κ1) is 16.9. The topological polar surface area (TPSA) is 78.8 Å². The summed E-state index contributed by atoms with van der Waals surface area (Å²) in [5.74, 6) is -1.16. The van der Waals surface area contributed by atoms with E-state index in [-0.39, 0.29) is 17.5 Å². The summed E-state index contributed by atoms with van der Waals surface area (Å²) in [6.07, 6.45) is 0.793. The van der Waals surface area contributed by atoms with Crippen LogP contribution in [0.3, 0.4) is 0 Å². The van der Waals surface area contributed by atoms with Crippen LogP contribution in [0.25, 0.3) is 0 Å². The molecule has 6 heteroatoms. The first-order valence-corrected chi connectivity index (χ1v) is 6.33. The molecule has 0 aromatic rings. The highest BCUT2D eigenvalue weighted by Crippen LogP contribution is 2.07. The summed E-state index contributed by atoms with van der Waals surface area (Å²) in [5.41, 5.74) is 0.168. The summed E-state index contributed by atoms with van der Waals surface area (Å²) >= 11 is 5.35. The molecule has 18 heavy (non-hydrogen) atoms. The van der Waals surface area contributed by atoms with Gasteiger partial charge in [-0.05, 0) is 24.7 Å². The van der Waals surface area contributed by atoms with Crippen molar-refractivity contribution in [3.63, 3.8) is 0 Å². The molecule has 0 bridgehead atoms. The summed E-state index contributed by atoms with van der Waals surface area (Å²) in [4.78, 5) is 22.8. The van der Waals surface area contributed by atoms with Crippen LogP contribution in [0.1, 0.15) is 40.5 Å². The minimum atomic E-state index is -1.05. The van der Waals surface area contributed by atoms with E-state index in [9.17, 15) is 9.59 Å². The van der Waals surface area contributed by atoms with Gasteiger partial charge in [-0.2, -0.15) is 4.51 Å². The Hall–Kier alpha value is -1.10. The summed E-state index contributed by atoms with van der Waals surface area (Å²) < 4.78 is 3.40. The third-order valence-electron chi connectivity index (χ3n) is 2.28. The van der Waals surface area contributed by atoms with E-state index >= 15 is 0 Å². The van der Waals surface area contributed by atoms with Gasteiger partial charge in [-0.15, -0.1) is 0 Å². The number of nitrogens with zero attached hydrogens (tertiary/aromatic N) is 1. The molecule has 1 amide bonds. The Labute approximate surface area is 113 Å². The minimum Gasteiger partial charge on any atom is -0.480 e. The Morgan fingerprint density at radius 2 is 1.78 bits per heavy atom. The van der Waals surface area contributed by atoms with E-state index in [1.54, 1.807) is 0 Å². The van der Waals surface area contributed by atoms with Crippen molar-refractivity contribution in [2.45, 2.75) is 46.6 Å². The van der Waals surface area contributed by atoms with E-state index in [1.807, 2.05) is 27.7 Å². The number of hydrogen-bond donors (Lipinski definition) is 2. The number of aliphatic carboxylic acids is 1. The van der Waals surface area contributed by atoms with Crippen molar-refractivity contribution in [2.75, 3.05) is 0 Å². The van der Waals surface area contributed by atoms with Crippen LogP contribution in [0, 0.1) is 11.8 Å². The van der Waals surface area contributed by atoms with Crippen LogP contribution in [0.4, 0.5) is 0 Å². The molecule has 0 aromatic carbocycles. The van der Waals surface area contributed by atoms with Crippen LogP contribution in [0.2, 0.25) is 0 Å². The maximum absolute atomic E-state index is 11.8. The first-order valence-electron chi connectivity index (χ1n) is 5.99. The third kappa shape index (κ3) is 6.59. The van der Waals surface area contributed by atoms with Gasteiger partial charge in [0.1, 0.15) is 11.8 Å². The van der Waals surface area contributed by atoms with Gasteiger partial charge in [0.25, 0.3) is 5.91 Å². The van der Waals surface area contributed by atoms with Gasteiger partial charge in [-0.3, -0.25) is 4.79 Å². The SMILES string of the molecule is CC(C)C/C(=N/Cl)C(=O)N[C@@H](CC(C)C)C(=O)O. The second-order valence-corrected chi connectivity index (χ2v) is 5.29. The van der Waals surface area contributed by atoms with Gasteiger partial charge in [-0.1, -0.05) is 27.7 Å². The van der Waals surface area contributed by atoms with E-state index in [0.29, 0.717) is 12.8 Å². The van der Waals surface area contributed by atoms with E-state index < -0.39 is 17.9 Å². The predicted molar refractivity (Wildman–Crippen MR) is 71.8 cm³/mol. The molecule has 104 valence electrons. The van der Waals surface area contributed by atoms with Gasteiger partial charge >= 0.3 is 5.97 Å². The van der Waals surface area contributed by atoms with Crippen LogP contribution >= 0.6 is 11.8 Å². The van der Waals surface area contributed by atoms with Gasteiger partial charge < -0.3 is 10.4 Å². The molecule has 0 unspecified atom stereocenters. The lowest BCUT2D eigenvalue weighted by atomic mass is 10.0. The number of carboxylic acid groups (broad SMARTS) is 1. The Kier molecular flexibility index (Phi) is 7.59. The monoisotopic (exact) mass is 276 g/mol. The number of amides is 1. The maximum atomic E-state index is 11.8. The van der Waals surface area contributed by atoms with E-state index in [4.69, 9.17) is 16.9 Å². The molecule has 2 N–H and O–H groups in total. The van der Waals surface area contributed by atoms with Gasteiger partial charge in [-0.25, -0.2) is 4.79 Å². The van der Waals surface area contributed by atoms with E-state index in [2.05, 4.69) is 9.83 Å². The average molecular weight is 277 g/mol. The van der Waals surface area contributed by atoms with E-state index in [0.717, 1.165) is 0 Å². The number of hydrogen-bond acceptors (Lipinski definition) is 3. The summed E-state index contributed by atoms with van der Waals surface area (Å²) in [5, 5.41) is 11.5. The highest BCUT2D eigenvalue weighted by atomic mass is 35.5. The molecular weight excluding hydrogens is 256 g/mol. The molecule has 0 aliphatic heterocycles. The molecule has 0 rings (SSSR count). The number of rotatable bonds is 7. The number of halogens is 1. The van der Waals surface area contributed by atoms with Crippen molar-refractivity contribution in [1.82, 2.24) is 5.32 Å². The Balaban J connectivity index is 4.62. The highest BCUT2D eigenvalue weighted by Gasteiger charge is 2.23. The molecule has 0 spiro atoms. The second-order valence-electron chi connectivity index (χ2n) is 5.12. The number of carbonyl (C=O) groups is 2. The summed E-state index contributed by atoms with van der Waals surface area (Å²) in [6.45, 7) is 7.65. The fraction of sp³-hybridized carbons (Fsp3) is 0.750. The number of nitrogens with one attached hydrogen (secondary N) is 1. The van der Waals surface area contributed by atoms with Crippen LogP contribution < -0.4 is 5.32 Å². The quantitative estimate of drug-likeness (QED) is 0.700. The fourth-order valence-corrected chi connectivity index (χ4v) is 1.63. The average Bonchev–Trinajstić information content (AvgIpc) is 2.23. The molecule has 1 atom stereocenters. The zero-order valence-electron chi connectivity index (χ0n) is 11.2. The Morgan fingerprint density at radius 1 is 1.22 bits per heavy atom. The fourth-order valence-electron chi connectivity index (χ4n) is 1.49. The molecule has 0 aliphatic carbocycles. The van der Waals surface area contributed by atoms with Crippen LogP contribution in [0.15, 0.2) is 4.51 Å². The standard InChI is InChI=1S/C12H21ClN2O3/c1-7(2)5-9(15-13)11(16)14-10(12(17)18)6-8(3)4/h7-8,10H,5-6H2,1-4H3,(H,14,16)(H,17,18)/b15-9-/t10-/m0/s1. The Bertz CT molecular complexity index is 327. The van der Waals surface area contributed by atoms with Crippen LogP contribution in [-0.2, 0) is 9.59 Å². The molecule has 0 saturated carbocycles. The van der Waals surface area contributed by atoms with Gasteiger partial charge in [0.2, 0.25) is 0 Å². The van der Waals surface area contributed by atoms with Crippen molar-refractivity contribution in [1.29, 1.82) is 0 Å². The van der Waals surface area contributed by atoms with E-state index in [1.165, 1.54) is 0 Å². The Morgan fingerprint density at radius 3 is 2.11 bits per heavy atom. The molecular formula is C12H21ClN2O3. The van der Waals surface area contributed by atoms with Gasteiger partial charge in [0.15, 0.2) is 0 Å². The first-order chi connectivity index (χ1) is 8.27. The van der Waals surface area contributed by atoms with Crippen LogP contribution in [0.5, 0.6) is 0 Å². The number of carboxylic acids is 1. The minimum absolute atomic E-state index is 0.168. The molecule has 0 saturated heterocycles. The molecule has 5 nitrogen and oxygen atoms in total. The normalized spacial score (nSPS) is 13.8. The molecule has 0 aliphatic rings. The highest BCUT2D eigenvalue weighted by molar-refractivity contribution is 6.43. The predicted octanol–water partition coefficient (Wildman–Crippen LogP) is 2.24. The van der Waals surface area contributed by atoms with Crippen molar-refractivity contribution in [3.8, 4) is 0 Å². The third-order valence-corrected chi connectivity index (χ3v) is 2.48. The lowest BCUT2D eigenvalue weighted by molar-refractivity contribution is -0.141. The molecule has 0 heterocycles. The van der Waals surface area contributed by atoms with Crippen molar-refractivity contribution >= 4 is 29.4 Å². The molecule has 0 fully saturated rings. The van der Waals surface area contributed by atoms with Gasteiger partial charge in [0, 0.05) is 11.8 Å². The zero-order chi connectivity index (χ0) is 14.3. The molecule has 0 aromatic heterocycles. The zero-order valence-corrected chi connectivity index (χ0v) is 12.0. The van der Waals surface area contributed by atoms with Crippen molar-refractivity contribution < 1.29 is 14.7 Å². The number of carbonyl (C=O) groups excluding carboxylic acids is 1. The smallest absolute Gasteiger partial charge is 0.326 e. The lowest BCUT2D eigenvalue weighted by Crippen LogP contribution is -2.44. The molecule has 0 radical (unpaired) electrons. The van der Waals surface area contributed by atoms with Crippen molar-refractivity contribution in [3.05, 3.63) is 0 Å². The lowest BCUT2D eigenvalue weighted by Gasteiger charge is -2.17. The largest absolute Gasteiger partial charge is 0.480 e. The summed E-state index contributed by atoms with van der Waals surface area (Å²) in [6, 6.07) is -0.905. The van der Waals surface area contributed by atoms with Gasteiger partial charge in [0.05, 0.1) is 0 Å². The van der Waals surface area contributed by atoms with Crippen molar-refractivity contribution in [2.24, 2.45) is 16.3 Å². The summed E-state index contributed by atoms with van der Waals surface area (Å²) in [7, 11) is 0. The maximum Gasteiger partial charge on any atom is 0.326 e. The second kappa shape index (κ2) is 8.08.